The molecule has 2 atom stereocenters. The van der Waals surface area contributed by atoms with Gasteiger partial charge in [0.2, 0.25) is 0 Å². The first-order valence-corrected chi connectivity index (χ1v) is 4.96. The Morgan fingerprint density at radius 2 is 1.59 bits per heavy atom. The first kappa shape index (κ1) is 18.4. The van der Waals surface area contributed by atoms with Gasteiger partial charge >= 0.3 is 18.7 Å². The number of amides is 1. The molecule has 0 rings (SSSR count). The maximum atomic E-state index is 11.7. The van der Waals surface area contributed by atoms with Gasteiger partial charge in [0.25, 0.3) is 0 Å². The van der Waals surface area contributed by atoms with Crippen LogP contribution in [-0.2, 0) is 9.53 Å². The van der Waals surface area contributed by atoms with Crippen molar-refractivity contribution in [1.82, 2.24) is 5.32 Å². The smallest absolute Gasteiger partial charge is 0.343 e. The number of rotatable bonds is 4. The zero-order valence-electron chi connectivity index (χ0n) is 9.94. The largest absolute Gasteiger partial charge is 0.471 e. The maximum absolute atomic E-state index is 11.7. The van der Waals surface area contributed by atoms with Gasteiger partial charge < -0.3 is 10.1 Å². The number of hydrogen-bond acceptors (Lipinski definition) is 2. The fourth-order valence-corrected chi connectivity index (χ4v) is 0.686. The second-order valence-electron chi connectivity index (χ2n) is 2.86. The zero-order valence-corrected chi connectivity index (χ0v) is 9.94. The van der Waals surface area contributed by atoms with Crippen LogP contribution in [0.4, 0.5) is 22.0 Å². The number of nitrogens with one attached hydrogen (secondary N) is 1. The van der Waals surface area contributed by atoms with Gasteiger partial charge in [0.15, 0.2) is 0 Å². The average Bonchev–Trinajstić information content (AvgIpc) is 2.18. The highest BCUT2D eigenvalue weighted by molar-refractivity contribution is 5.81. The molecule has 0 radical (unpaired) electrons. The van der Waals surface area contributed by atoms with Crippen molar-refractivity contribution in [3.05, 3.63) is 0 Å². The number of ether oxygens (including phenoxy) is 1. The average molecular weight is 265 g/mol. The number of carbonyl (C=O) groups is 1. The summed E-state index contributed by atoms with van der Waals surface area (Å²) in [7, 11) is 0. The summed E-state index contributed by atoms with van der Waals surface area (Å²) in [6, 6.07) is -1.16. The summed E-state index contributed by atoms with van der Waals surface area (Å²) >= 11 is 0. The molecular weight excluding hydrogens is 249 g/mol. The number of carbonyl (C=O) groups excluding carboxylic acids is 1. The quantitative estimate of drug-likeness (QED) is 0.794. The maximum Gasteiger partial charge on any atom is 0.471 e. The Balaban J connectivity index is 0. The molecule has 104 valence electrons. The van der Waals surface area contributed by atoms with Crippen LogP contribution in [0, 0.1) is 0 Å². The van der Waals surface area contributed by atoms with Gasteiger partial charge in [-0.2, -0.15) is 22.0 Å². The van der Waals surface area contributed by atoms with Crippen molar-refractivity contribution in [3.8, 4) is 0 Å². The van der Waals surface area contributed by atoms with Crippen LogP contribution in [0.3, 0.4) is 0 Å². The van der Waals surface area contributed by atoms with E-state index in [1.807, 2.05) is 13.8 Å². The minimum atomic E-state index is -5.03. The molecular formula is C9H16F5NO2. The van der Waals surface area contributed by atoms with Crippen molar-refractivity contribution in [2.75, 3.05) is 0 Å². The summed E-state index contributed by atoms with van der Waals surface area (Å²) in [5.74, 6) is -2.18. The van der Waals surface area contributed by atoms with E-state index in [0.29, 0.717) is 0 Å². The summed E-state index contributed by atoms with van der Waals surface area (Å²) in [6.07, 6.45) is -6.24. The molecule has 3 nitrogen and oxygen atoms in total. The Labute approximate surface area is 96.3 Å². The lowest BCUT2D eigenvalue weighted by molar-refractivity contribution is -0.181. The van der Waals surface area contributed by atoms with Gasteiger partial charge in [0, 0.05) is 0 Å². The van der Waals surface area contributed by atoms with Crippen LogP contribution >= 0.6 is 0 Å². The summed E-state index contributed by atoms with van der Waals surface area (Å²) in [4.78, 5) is 10.4. The normalized spacial score (nSPS) is 14.7. The van der Waals surface area contributed by atoms with Crippen molar-refractivity contribution in [2.24, 2.45) is 0 Å². The van der Waals surface area contributed by atoms with E-state index >= 15 is 0 Å². The molecule has 0 saturated heterocycles. The molecule has 0 bridgehead atoms. The topological polar surface area (TPSA) is 38.3 Å². The van der Waals surface area contributed by atoms with Crippen LogP contribution in [0.1, 0.15) is 27.7 Å². The lowest BCUT2D eigenvalue weighted by Gasteiger charge is -2.21. The first-order chi connectivity index (χ1) is 7.64. The minimum Gasteiger partial charge on any atom is -0.343 e. The third-order valence-corrected chi connectivity index (χ3v) is 1.64. The van der Waals surface area contributed by atoms with E-state index in [9.17, 15) is 26.7 Å². The van der Waals surface area contributed by atoms with Crippen LogP contribution in [0.5, 0.6) is 0 Å². The van der Waals surface area contributed by atoms with Crippen molar-refractivity contribution in [2.45, 2.75) is 52.6 Å². The molecule has 0 saturated carbocycles. The molecule has 0 aliphatic carbocycles. The fourth-order valence-electron chi connectivity index (χ4n) is 0.686. The number of alkyl halides is 5. The van der Waals surface area contributed by atoms with Crippen LogP contribution in [0.25, 0.3) is 0 Å². The van der Waals surface area contributed by atoms with E-state index in [2.05, 4.69) is 4.74 Å². The monoisotopic (exact) mass is 265 g/mol. The SMILES string of the molecule is CC.CC(NC(=O)C(F)(F)F)C(C)OC(F)F. The number of halogens is 5. The van der Waals surface area contributed by atoms with E-state index < -0.39 is 30.8 Å². The second-order valence-corrected chi connectivity index (χ2v) is 2.86. The molecule has 0 heterocycles. The molecule has 8 heteroatoms. The molecule has 1 N–H and O–H groups in total. The third kappa shape index (κ3) is 8.84. The lowest BCUT2D eigenvalue weighted by atomic mass is 10.2. The van der Waals surface area contributed by atoms with Gasteiger partial charge in [-0.05, 0) is 13.8 Å². The van der Waals surface area contributed by atoms with E-state index in [4.69, 9.17) is 0 Å². The highest BCUT2D eigenvalue weighted by Gasteiger charge is 2.39. The van der Waals surface area contributed by atoms with Gasteiger partial charge in [-0.25, -0.2) is 0 Å². The Hall–Kier alpha value is -0.920. The molecule has 0 aliphatic rings. The van der Waals surface area contributed by atoms with Crippen molar-refractivity contribution < 1.29 is 31.5 Å². The Morgan fingerprint density at radius 1 is 1.18 bits per heavy atom. The molecule has 0 aromatic heterocycles. The molecule has 0 aromatic rings. The van der Waals surface area contributed by atoms with Crippen molar-refractivity contribution >= 4 is 5.91 Å². The van der Waals surface area contributed by atoms with E-state index in [-0.39, 0.29) is 0 Å². The zero-order chi connectivity index (χ0) is 14.2. The van der Waals surface area contributed by atoms with Gasteiger partial charge in [-0.1, -0.05) is 13.8 Å². The van der Waals surface area contributed by atoms with Gasteiger partial charge in [-0.15, -0.1) is 0 Å². The number of hydrogen-bond donors (Lipinski definition) is 1. The van der Waals surface area contributed by atoms with Gasteiger partial charge in [0.05, 0.1) is 12.1 Å². The first-order valence-electron chi connectivity index (χ1n) is 4.96. The van der Waals surface area contributed by atoms with Crippen LogP contribution < -0.4 is 5.32 Å². The fraction of sp³-hybridized carbons (Fsp3) is 0.889. The predicted octanol–water partition coefficient (Wildman–Crippen LogP) is 2.71. The summed E-state index contributed by atoms with van der Waals surface area (Å²) < 4.78 is 62.4. The summed E-state index contributed by atoms with van der Waals surface area (Å²) in [5, 5.41) is 1.50. The van der Waals surface area contributed by atoms with Crippen molar-refractivity contribution in [3.63, 3.8) is 0 Å². The highest BCUT2D eigenvalue weighted by Crippen LogP contribution is 2.15. The summed E-state index contributed by atoms with van der Waals surface area (Å²) in [5.41, 5.74) is 0. The Kier molecular flexibility index (Phi) is 8.91. The van der Waals surface area contributed by atoms with Crippen LogP contribution in [0.15, 0.2) is 0 Å². The Morgan fingerprint density at radius 3 is 1.88 bits per heavy atom. The molecule has 0 aliphatic heterocycles. The molecule has 17 heavy (non-hydrogen) atoms. The van der Waals surface area contributed by atoms with Crippen molar-refractivity contribution in [1.29, 1.82) is 0 Å². The molecule has 0 fully saturated rings. The van der Waals surface area contributed by atoms with Gasteiger partial charge in [0.1, 0.15) is 0 Å². The van der Waals surface area contributed by atoms with E-state index in [0.717, 1.165) is 13.8 Å². The minimum absolute atomic E-state index is 1.13. The predicted molar refractivity (Wildman–Crippen MR) is 51.6 cm³/mol. The molecule has 0 aromatic carbocycles. The standard InChI is InChI=1S/C7H10F5NO2.C2H6/c1-3(4(2)15-6(8)9)13-5(14)7(10,11)12;1-2/h3-4,6H,1-2H3,(H,13,14);1-2H3. The Bertz CT molecular complexity index is 220. The highest BCUT2D eigenvalue weighted by atomic mass is 19.4. The molecule has 1 amide bonds. The second kappa shape index (κ2) is 8.21. The van der Waals surface area contributed by atoms with E-state index in [1.54, 1.807) is 0 Å². The molecule has 0 spiro atoms. The van der Waals surface area contributed by atoms with Crippen LogP contribution in [0.2, 0.25) is 0 Å². The summed E-state index contributed by atoms with van der Waals surface area (Å²) in [6.45, 7) is 3.18. The van der Waals surface area contributed by atoms with Crippen LogP contribution in [-0.4, -0.2) is 30.8 Å². The van der Waals surface area contributed by atoms with Gasteiger partial charge in [-0.3, -0.25) is 4.79 Å². The van der Waals surface area contributed by atoms with E-state index in [1.165, 1.54) is 5.32 Å². The molecule has 2 unspecified atom stereocenters. The third-order valence-electron chi connectivity index (χ3n) is 1.64. The lowest BCUT2D eigenvalue weighted by Crippen LogP contribution is -2.47.